The summed E-state index contributed by atoms with van der Waals surface area (Å²) in [6.07, 6.45) is 6.28. The number of aromatic nitrogens is 1. The van der Waals surface area contributed by atoms with Crippen molar-refractivity contribution in [3.63, 3.8) is 0 Å². The number of hydrogen-bond acceptors (Lipinski definition) is 4. The van der Waals surface area contributed by atoms with Crippen LogP contribution < -0.4 is 14.8 Å². The molecule has 1 aromatic heterocycles. The highest BCUT2D eigenvalue weighted by molar-refractivity contribution is 6.07. The molecule has 0 aliphatic rings. The molecular weight excluding hydrogens is 354 g/mol. The van der Waals surface area contributed by atoms with E-state index in [9.17, 15) is 13.6 Å². The molecular formula is C20H16F2N2O3. The molecule has 0 spiro atoms. The van der Waals surface area contributed by atoms with Crippen LogP contribution in [0.4, 0.5) is 14.5 Å². The Morgan fingerprint density at radius 1 is 1.19 bits per heavy atom. The maximum Gasteiger partial charge on any atom is 0.387 e. The first-order valence-electron chi connectivity index (χ1n) is 8.01. The van der Waals surface area contributed by atoms with Gasteiger partial charge in [-0.15, -0.1) is 0 Å². The molecule has 5 nitrogen and oxygen atoms in total. The van der Waals surface area contributed by atoms with Crippen molar-refractivity contribution in [2.75, 3.05) is 12.4 Å². The van der Waals surface area contributed by atoms with Crippen LogP contribution in [0.2, 0.25) is 0 Å². The van der Waals surface area contributed by atoms with E-state index in [-0.39, 0.29) is 17.4 Å². The summed E-state index contributed by atoms with van der Waals surface area (Å²) in [6.45, 7) is -2.94. The molecule has 0 saturated heterocycles. The molecule has 0 aliphatic carbocycles. The van der Waals surface area contributed by atoms with E-state index in [2.05, 4.69) is 15.0 Å². The number of pyridine rings is 1. The molecule has 0 unspecified atom stereocenters. The number of nitrogens with one attached hydrogen (secondary N) is 1. The molecule has 1 N–H and O–H groups in total. The molecule has 0 radical (unpaired) electrons. The van der Waals surface area contributed by atoms with E-state index >= 15 is 0 Å². The Morgan fingerprint density at radius 3 is 2.81 bits per heavy atom. The van der Waals surface area contributed by atoms with Crippen molar-refractivity contribution >= 4 is 28.4 Å². The number of anilines is 1. The number of methoxy groups -OCH3 is 1. The number of carbonyl (C=O) groups is 1. The molecule has 1 amide bonds. The van der Waals surface area contributed by atoms with Crippen LogP contribution in [0.1, 0.15) is 5.56 Å². The second kappa shape index (κ2) is 8.27. The molecule has 0 fully saturated rings. The summed E-state index contributed by atoms with van der Waals surface area (Å²) in [5.41, 5.74) is 1.27. The lowest BCUT2D eigenvalue weighted by Gasteiger charge is -2.10. The lowest BCUT2D eigenvalue weighted by molar-refractivity contribution is -0.111. The van der Waals surface area contributed by atoms with Crippen molar-refractivity contribution < 1.29 is 23.0 Å². The van der Waals surface area contributed by atoms with Crippen LogP contribution in [0, 0.1) is 0 Å². The number of alkyl halides is 2. The Bertz CT molecular complexity index is 985. The molecule has 0 aliphatic heterocycles. The summed E-state index contributed by atoms with van der Waals surface area (Å²) >= 11 is 0. The van der Waals surface area contributed by atoms with Gasteiger partial charge in [0.2, 0.25) is 5.91 Å². The van der Waals surface area contributed by atoms with Crippen LogP contribution >= 0.6 is 0 Å². The number of carbonyl (C=O) groups excluding carboxylic acids is 1. The average molecular weight is 370 g/mol. The summed E-state index contributed by atoms with van der Waals surface area (Å²) in [5, 5.41) is 4.61. The normalized spacial score (nSPS) is 11.1. The van der Waals surface area contributed by atoms with Crippen molar-refractivity contribution in [3.8, 4) is 11.5 Å². The van der Waals surface area contributed by atoms with E-state index in [0.717, 1.165) is 10.8 Å². The van der Waals surface area contributed by atoms with Crippen LogP contribution in [0.15, 0.2) is 60.9 Å². The maximum atomic E-state index is 12.4. The molecule has 2 aromatic carbocycles. The number of ether oxygens (including phenoxy) is 2. The van der Waals surface area contributed by atoms with Crippen LogP contribution in [-0.2, 0) is 4.79 Å². The molecule has 3 aromatic rings. The molecule has 0 atom stereocenters. The Hall–Kier alpha value is -3.48. The van der Waals surface area contributed by atoms with Crippen LogP contribution in [0.25, 0.3) is 16.8 Å². The molecule has 3 rings (SSSR count). The maximum absolute atomic E-state index is 12.4. The summed E-state index contributed by atoms with van der Waals surface area (Å²) in [4.78, 5) is 16.3. The number of benzene rings is 2. The van der Waals surface area contributed by atoms with E-state index in [4.69, 9.17) is 4.74 Å². The Kier molecular flexibility index (Phi) is 5.61. The highest BCUT2D eigenvalue weighted by Crippen LogP contribution is 2.30. The fourth-order valence-corrected chi connectivity index (χ4v) is 2.56. The smallest absolute Gasteiger partial charge is 0.387 e. The van der Waals surface area contributed by atoms with E-state index in [1.54, 1.807) is 30.6 Å². The summed E-state index contributed by atoms with van der Waals surface area (Å²) < 4.78 is 34.1. The quantitative estimate of drug-likeness (QED) is 0.649. The predicted molar refractivity (Wildman–Crippen MR) is 99.0 cm³/mol. The third-order valence-electron chi connectivity index (χ3n) is 3.77. The minimum Gasteiger partial charge on any atom is -0.493 e. The van der Waals surface area contributed by atoms with Crippen molar-refractivity contribution in [1.29, 1.82) is 0 Å². The molecule has 0 bridgehead atoms. The number of rotatable bonds is 6. The van der Waals surface area contributed by atoms with Crippen molar-refractivity contribution in [2.24, 2.45) is 0 Å². The number of halogens is 2. The minimum atomic E-state index is -2.94. The zero-order valence-electron chi connectivity index (χ0n) is 14.4. The van der Waals surface area contributed by atoms with E-state index in [0.29, 0.717) is 11.3 Å². The first kappa shape index (κ1) is 18.3. The fourth-order valence-electron chi connectivity index (χ4n) is 2.56. The van der Waals surface area contributed by atoms with Gasteiger partial charge < -0.3 is 14.8 Å². The van der Waals surface area contributed by atoms with Gasteiger partial charge in [0.15, 0.2) is 11.5 Å². The average Bonchev–Trinajstić information content (AvgIpc) is 2.67. The molecule has 1 heterocycles. The van der Waals surface area contributed by atoms with Gasteiger partial charge >= 0.3 is 6.61 Å². The van der Waals surface area contributed by atoms with Crippen molar-refractivity contribution in [2.45, 2.75) is 6.61 Å². The number of fused-ring (bicyclic) bond motifs is 1. The molecule has 27 heavy (non-hydrogen) atoms. The van der Waals surface area contributed by atoms with Gasteiger partial charge in [-0.1, -0.05) is 18.2 Å². The second-order valence-electron chi connectivity index (χ2n) is 5.51. The lowest BCUT2D eigenvalue weighted by atomic mass is 10.1. The lowest BCUT2D eigenvalue weighted by Crippen LogP contribution is -2.08. The number of amides is 1. The first-order valence-corrected chi connectivity index (χ1v) is 8.01. The van der Waals surface area contributed by atoms with Gasteiger partial charge in [0, 0.05) is 34.9 Å². The molecule has 138 valence electrons. The predicted octanol–water partition coefficient (Wildman–Crippen LogP) is 4.50. The largest absolute Gasteiger partial charge is 0.493 e. The van der Waals surface area contributed by atoms with Gasteiger partial charge in [-0.2, -0.15) is 8.78 Å². The highest BCUT2D eigenvalue weighted by atomic mass is 19.3. The monoisotopic (exact) mass is 370 g/mol. The zero-order valence-corrected chi connectivity index (χ0v) is 14.4. The summed E-state index contributed by atoms with van der Waals surface area (Å²) in [5.74, 6) is -0.246. The summed E-state index contributed by atoms with van der Waals surface area (Å²) in [6, 6.07) is 11.8. The Balaban J connectivity index is 1.74. The van der Waals surface area contributed by atoms with Gasteiger partial charge in [-0.25, -0.2) is 0 Å². The topological polar surface area (TPSA) is 60.5 Å². The van der Waals surface area contributed by atoms with Crippen LogP contribution in [0.3, 0.4) is 0 Å². The third-order valence-corrected chi connectivity index (χ3v) is 3.77. The Labute approximate surface area is 154 Å². The van der Waals surface area contributed by atoms with Gasteiger partial charge in [0.05, 0.1) is 7.11 Å². The Morgan fingerprint density at radius 2 is 2.04 bits per heavy atom. The van der Waals surface area contributed by atoms with Gasteiger partial charge in [0.1, 0.15) is 0 Å². The minimum absolute atomic E-state index is 0.0709. The number of nitrogens with zero attached hydrogens (tertiary/aromatic N) is 1. The third kappa shape index (κ3) is 4.58. The first-order chi connectivity index (χ1) is 13.1. The van der Waals surface area contributed by atoms with Crippen molar-refractivity contribution in [3.05, 3.63) is 66.5 Å². The van der Waals surface area contributed by atoms with Gasteiger partial charge in [-0.3, -0.25) is 9.78 Å². The SMILES string of the molecule is COc1cc(/C=C/C(=O)Nc2cccc3cnccc23)ccc1OC(F)F. The van der Waals surface area contributed by atoms with Crippen LogP contribution in [-0.4, -0.2) is 24.6 Å². The molecule has 7 heteroatoms. The van der Waals surface area contributed by atoms with E-state index < -0.39 is 6.61 Å². The van der Waals surface area contributed by atoms with E-state index in [1.807, 2.05) is 18.2 Å². The number of hydrogen-bond donors (Lipinski definition) is 1. The fraction of sp³-hybridized carbons (Fsp3) is 0.100. The highest BCUT2D eigenvalue weighted by Gasteiger charge is 2.10. The second-order valence-corrected chi connectivity index (χ2v) is 5.51. The molecule has 0 saturated carbocycles. The van der Waals surface area contributed by atoms with Crippen LogP contribution in [0.5, 0.6) is 11.5 Å². The standard InChI is InChI=1S/C20H16F2N2O3/c1-26-18-11-13(5-7-17(18)27-20(21)22)6-8-19(25)24-16-4-2-3-14-12-23-10-9-15(14)16/h2-12,20H,1H3,(H,24,25)/b8-6+. The van der Waals surface area contributed by atoms with Gasteiger partial charge in [-0.05, 0) is 35.9 Å². The zero-order chi connectivity index (χ0) is 19.2. The summed E-state index contributed by atoms with van der Waals surface area (Å²) in [7, 11) is 1.35. The van der Waals surface area contributed by atoms with Crippen molar-refractivity contribution in [1.82, 2.24) is 4.98 Å². The van der Waals surface area contributed by atoms with Gasteiger partial charge in [0.25, 0.3) is 0 Å². The van der Waals surface area contributed by atoms with E-state index in [1.165, 1.54) is 25.3 Å².